The minimum Gasteiger partial charge on any atom is -0.456 e. The van der Waals surface area contributed by atoms with Crippen molar-refractivity contribution in [1.29, 1.82) is 0 Å². The first-order valence-corrected chi connectivity index (χ1v) is 11.5. The quantitative estimate of drug-likeness (QED) is 0.535. The van der Waals surface area contributed by atoms with E-state index in [1.165, 1.54) is 24.9 Å². The van der Waals surface area contributed by atoms with Crippen LogP contribution in [-0.4, -0.2) is 51.5 Å². The Morgan fingerprint density at radius 2 is 1.71 bits per heavy atom. The number of carbonyl (C=O) groups is 3. The van der Waals surface area contributed by atoms with E-state index < -0.39 is 5.60 Å². The number of imide groups is 1. The van der Waals surface area contributed by atoms with Crippen molar-refractivity contribution >= 4 is 28.8 Å². The van der Waals surface area contributed by atoms with Gasteiger partial charge in [0.2, 0.25) is 5.91 Å². The monoisotopic (exact) mass is 461 g/mol. The Labute approximate surface area is 199 Å². The number of urea groups is 1. The summed E-state index contributed by atoms with van der Waals surface area (Å²) >= 11 is 0. The van der Waals surface area contributed by atoms with Crippen molar-refractivity contribution in [2.45, 2.75) is 52.8 Å². The van der Waals surface area contributed by atoms with Crippen LogP contribution in [0, 0.1) is 0 Å². The molecule has 0 aliphatic carbocycles. The average Bonchev–Trinajstić information content (AvgIpc) is 3.10. The lowest BCUT2D eigenvalue weighted by molar-refractivity contribution is -0.125. The number of hydrogen-bond donors (Lipinski definition) is 0. The van der Waals surface area contributed by atoms with Crippen molar-refractivity contribution in [3.05, 3.63) is 70.9 Å². The van der Waals surface area contributed by atoms with Gasteiger partial charge >= 0.3 is 12.0 Å². The molecular formula is C27H31N3O4. The lowest BCUT2D eigenvalue weighted by Gasteiger charge is -2.31. The maximum atomic E-state index is 12.8. The number of benzene rings is 2. The van der Waals surface area contributed by atoms with E-state index in [4.69, 9.17) is 4.74 Å². The van der Waals surface area contributed by atoms with Crippen LogP contribution in [0.25, 0.3) is 10.9 Å². The molecule has 0 unspecified atom stereocenters. The van der Waals surface area contributed by atoms with Gasteiger partial charge in [0.05, 0.1) is 12.1 Å². The zero-order valence-corrected chi connectivity index (χ0v) is 20.4. The summed E-state index contributed by atoms with van der Waals surface area (Å²) in [6, 6.07) is 15.4. The molecule has 0 N–H and O–H groups in total. The van der Waals surface area contributed by atoms with Crippen molar-refractivity contribution < 1.29 is 19.1 Å². The number of hydrogen-bond acceptors (Lipinski definition) is 4. The number of para-hydroxylation sites is 1. The second-order valence-corrected chi connectivity index (χ2v) is 9.76. The van der Waals surface area contributed by atoms with Crippen LogP contribution in [0.15, 0.2) is 48.5 Å². The van der Waals surface area contributed by atoms with Gasteiger partial charge < -0.3 is 14.2 Å². The summed E-state index contributed by atoms with van der Waals surface area (Å²) in [5, 5.41) is 1.19. The average molecular weight is 462 g/mol. The molecule has 2 aromatic carbocycles. The number of aromatic nitrogens is 1. The van der Waals surface area contributed by atoms with E-state index in [0.717, 1.165) is 28.1 Å². The molecule has 1 aromatic heterocycles. The molecule has 0 atom stereocenters. The van der Waals surface area contributed by atoms with E-state index in [2.05, 4.69) is 16.7 Å². The Morgan fingerprint density at radius 1 is 1.03 bits per heavy atom. The van der Waals surface area contributed by atoms with Gasteiger partial charge in [-0.2, -0.15) is 0 Å². The first-order valence-electron chi connectivity index (χ1n) is 11.5. The number of nitrogens with zero attached hydrogens (tertiary/aromatic N) is 3. The Bertz CT molecular complexity index is 1250. The summed E-state index contributed by atoms with van der Waals surface area (Å²) < 4.78 is 7.70. The largest absolute Gasteiger partial charge is 0.456 e. The van der Waals surface area contributed by atoms with Gasteiger partial charge in [0.15, 0.2) is 0 Å². The molecule has 2 heterocycles. The third kappa shape index (κ3) is 4.69. The van der Waals surface area contributed by atoms with Crippen molar-refractivity contribution in [2.75, 3.05) is 13.6 Å². The van der Waals surface area contributed by atoms with Gasteiger partial charge in [-0.3, -0.25) is 9.69 Å². The molecule has 0 saturated heterocycles. The molecule has 4 rings (SSSR count). The van der Waals surface area contributed by atoms with Gasteiger partial charge in [0, 0.05) is 43.7 Å². The van der Waals surface area contributed by atoms with Crippen LogP contribution < -0.4 is 0 Å². The smallest absolute Gasteiger partial charge is 0.338 e. The normalized spacial score (nSPS) is 13.5. The van der Waals surface area contributed by atoms with Gasteiger partial charge in [0.1, 0.15) is 5.60 Å². The highest BCUT2D eigenvalue weighted by atomic mass is 16.6. The van der Waals surface area contributed by atoms with E-state index in [1.54, 1.807) is 17.0 Å². The van der Waals surface area contributed by atoms with Crippen molar-refractivity contribution in [3.8, 4) is 0 Å². The molecular weight excluding hydrogens is 430 g/mol. The summed E-state index contributed by atoms with van der Waals surface area (Å²) in [6.07, 6.45) is 0.734. The second-order valence-electron chi connectivity index (χ2n) is 9.76. The topological polar surface area (TPSA) is 71.9 Å². The van der Waals surface area contributed by atoms with Crippen molar-refractivity contribution in [3.63, 3.8) is 0 Å². The summed E-state index contributed by atoms with van der Waals surface area (Å²) in [7, 11) is 1.52. The van der Waals surface area contributed by atoms with Crippen LogP contribution in [0.2, 0.25) is 0 Å². The van der Waals surface area contributed by atoms with Crippen LogP contribution in [0.3, 0.4) is 0 Å². The van der Waals surface area contributed by atoms with Crippen LogP contribution in [0.5, 0.6) is 0 Å². The lowest BCUT2D eigenvalue weighted by Crippen LogP contribution is -2.45. The molecule has 0 spiro atoms. The Kier molecular flexibility index (Phi) is 6.21. The molecule has 3 amide bonds. The molecule has 0 bridgehead atoms. The van der Waals surface area contributed by atoms with E-state index in [0.29, 0.717) is 25.2 Å². The molecule has 0 saturated carbocycles. The number of carbonyl (C=O) groups excluding carboxylic acids is 3. The Morgan fingerprint density at radius 3 is 2.35 bits per heavy atom. The van der Waals surface area contributed by atoms with Crippen LogP contribution >= 0.6 is 0 Å². The second kappa shape index (κ2) is 8.97. The fourth-order valence-electron chi connectivity index (χ4n) is 4.35. The maximum Gasteiger partial charge on any atom is 0.338 e. The highest BCUT2D eigenvalue weighted by molar-refractivity contribution is 5.93. The SMILES string of the molecule is CC(=O)N(C)C(=O)N1CCc2c(n(Cc3ccc(C(=O)OC(C)(C)C)cc3)c3ccccc23)C1. The molecule has 1 aliphatic rings. The molecule has 0 radical (unpaired) electrons. The third-order valence-electron chi connectivity index (χ3n) is 6.13. The Hall–Kier alpha value is -3.61. The van der Waals surface area contributed by atoms with E-state index in [1.807, 2.05) is 45.0 Å². The molecule has 7 heteroatoms. The number of fused-ring (bicyclic) bond motifs is 3. The third-order valence-corrected chi connectivity index (χ3v) is 6.13. The summed E-state index contributed by atoms with van der Waals surface area (Å²) in [5.41, 5.74) is 4.45. The van der Waals surface area contributed by atoms with E-state index in [9.17, 15) is 14.4 Å². The number of esters is 1. The molecule has 34 heavy (non-hydrogen) atoms. The molecule has 0 fully saturated rings. The minimum atomic E-state index is -0.543. The summed E-state index contributed by atoms with van der Waals surface area (Å²) in [5.74, 6) is -0.618. The minimum absolute atomic E-state index is 0.276. The molecule has 3 aromatic rings. The predicted molar refractivity (Wildman–Crippen MR) is 131 cm³/mol. The highest BCUT2D eigenvalue weighted by Gasteiger charge is 2.29. The van der Waals surface area contributed by atoms with Crippen LogP contribution in [0.1, 0.15) is 54.9 Å². The standard InChI is InChI=1S/C27H31N3O4/c1-18(31)28(5)26(33)29-15-14-22-21-8-6-7-9-23(21)30(24(22)17-29)16-19-10-12-20(13-11-19)25(32)34-27(2,3)4/h6-13H,14-17H2,1-5H3. The zero-order valence-electron chi connectivity index (χ0n) is 20.4. The number of amides is 3. The maximum absolute atomic E-state index is 12.8. The number of rotatable bonds is 3. The van der Waals surface area contributed by atoms with Crippen LogP contribution in [-0.2, 0) is 29.0 Å². The summed E-state index contributed by atoms with van der Waals surface area (Å²) in [6.45, 7) is 8.56. The van der Waals surface area contributed by atoms with Gasteiger partial charge in [-0.15, -0.1) is 0 Å². The molecule has 1 aliphatic heterocycles. The van der Waals surface area contributed by atoms with Crippen molar-refractivity contribution in [2.24, 2.45) is 0 Å². The lowest BCUT2D eigenvalue weighted by atomic mass is 10.0. The van der Waals surface area contributed by atoms with Gasteiger partial charge in [-0.05, 0) is 56.5 Å². The van der Waals surface area contributed by atoms with E-state index in [-0.39, 0.29) is 17.9 Å². The highest BCUT2D eigenvalue weighted by Crippen LogP contribution is 2.32. The van der Waals surface area contributed by atoms with Gasteiger partial charge in [0.25, 0.3) is 0 Å². The molecule has 7 nitrogen and oxygen atoms in total. The summed E-state index contributed by atoms with van der Waals surface area (Å²) in [4.78, 5) is 39.8. The Balaban J connectivity index is 1.64. The molecule has 178 valence electrons. The van der Waals surface area contributed by atoms with Crippen LogP contribution in [0.4, 0.5) is 4.79 Å². The van der Waals surface area contributed by atoms with Gasteiger partial charge in [-0.25, -0.2) is 9.59 Å². The fraction of sp³-hybridized carbons (Fsp3) is 0.370. The van der Waals surface area contributed by atoms with Gasteiger partial charge in [-0.1, -0.05) is 30.3 Å². The zero-order chi connectivity index (χ0) is 24.6. The predicted octanol–water partition coefficient (Wildman–Crippen LogP) is 4.60. The first kappa shape index (κ1) is 23.5. The first-order chi connectivity index (χ1) is 16.0. The van der Waals surface area contributed by atoms with Crippen molar-refractivity contribution in [1.82, 2.24) is 14.4 Å². The number of ether oxygens (including phenoxy) is 1. The fourth-order valence-corrected chi connectivity index (χ4v) is 4.35. The van der Waals surface area contributed by atoms with E-state index >= 15 is 0 Å².